The van der Waals surface area contributed by atoms with Crippen LogP contribution in [-0.4, -0.2) is 38.1 Å². The lowest BCUT2D eigenvalue weighted by Crippen LogP contribution is -2.55. The van der Waals surface area contributed by atoms with Crippen molar-refractivity contribution in [1.29, 1.82) is 0 Å². The van der Waals surface area contributed by atoms with E-state index in [2.05, 4.69) is 13.8 Å². The van der Waals surface area contributed by atoms with E-state index in [1.807, 2.05) is 0 Å². The SMILES string of the molecule is COC(=O)CCC[C@@H]1CC2(C[C@@H](N)C1(C)C)OCCO2. The molecule has 116 valence electrons. The van der Waals surface area contributed by atoms with Gasteiger partial charge in [-0.1, -0.05) is 13.8 Å². The molecule has 0 aromatic rings. The van der Waals surface area contributed by atoms with Gasteiger partial charge < -0.3 is 19.9 Å². The van der Waals surface area contributed by atoms with Crippen LogP contribution in [0.5, 0.6) is 0 Å². The normalized spacial score (nSPS) is 31.4. The molecule has 5 nitrogen and oxygen atoms in total. The summed E-state index contributed by atoms with van der Waals surface area (Å²) < 4.78 is 16.4. The Bertz CT molecular complexity index is 350. The maximum absolute atomic E-state index is 11.2. The molecule has 1 spiro atoms. The van der Waals surface area contributed by atoms with Gasteiger partial charge in [-0.3, -0.25) is 4.79 Å². The Morgan fingerprint density at radius 3 is 2.55 bits per heavy atom. The Hall–Kier alpha value is -0.650. The molecule has 0 aromatic heterocycles. The minimum Gasteiger partial charge on any atom is -0.469 e. The maximum atomic E-state index is 11.2. The van der Waals surface area contributed by atoms with Crippen molar-refractivity contribution in [3.8, 4) is 0 Å². The van der Waals surface area contributed by atoms with Crippen molar-refractivity contribution >= 4 is 5.97 Å². The molecule has 0 radical (unpaired) electrons. The van der Waals surface area contributed by atoms with Crippen molar-refractivity contribution in [2.45, 2.75) is 57.8 Å². The predicted octanol–water partition coefficient (Wildman–Crippen LogP) is 1.84. The molecule has 0 bridgehead atoms. The van der Waals surface area contributed by atoms with Gasteiger partial charge in [0, 0.05) is 25.3 Å². The molecule has 2 atom stereocenters. The zero-order valence-electron chi connectivity index (χ0n) is 12.8. The number of rotatable bonds is 4. The van der Waals surface area contributed by atoms with Crippen molar-refractivity contribution < 1.29 is 19.0 Å². The summed E-state index contributed by atoms with van der Waals surface area (Å²) in [6.07, 6.45) is 3.86. The number of methoxy groups -OCH3 is 1. The monoisotopic (exact) mass is 285 g/mol. The molecular weight excluding hydrogens is 258 g/mol. The van der Waals surface area contributed by atoms with E-state index in [0.29, 0.717) is 25.6 Å². The standard InChI is InChI=1S/C15H27NO4/c1-14(2)11(5-4-6-13(17)18-3)9-15(10-12(14)16)19-7-8-20-15/h11-12H,4-10,16H2,1-3H3/t11-,12-/m1/s1. The van der Waals surface area contributed by atoms with Gasteiger partial charge in [-0.2, -0.15) is 0 Å². The summed E-state index contributed by atoms with van der Waals surface area (Å²) in [5.74, 6) is -0.231. The fourth-order valence-electron chi connectivity index (χ4n) is 3.42. The molecule has 2 N–H and O–H groups in total. The van der Waals surface area contributed by atoms with E-state index in [-0.39, 0.29) is 17.4 Å². The molecule has 1 aliphatic carbocycles. The van der Waals surface area contributed by atoms with Gasteiger partial charge in [0.25, 0.3) is 0 Å². The van der Waals surface area contributed by atoms with Crippen LogP contribution in [-0.2, 0) is 19.0 Å². The Balaban J connectivity index is 1.97. The van der Waals surface area contributed by atoms with Gasteiger partial charge in [0.05, 0.1) is 20.3 Å². The molecule has 1 heterocycles. The van der Waals surface area contributed by atoms with Crippen molar-refractivity contribution in [2.75, 3.05) is 20.3 Å². The largest absolute Gasteiger partial charge is 0.469 e. The van der Waals surface area contributed by atoms with E-state index in [9.17, 15) is 4.79 Å². The summed E-state index contributed by atoms with van der Waals surface area (Å²) in [6.45, 7) is 5.73. The van der Waals surface area contributed by atoms with Crippen molar-refractivity contribution in [1.82, 2.24) is 0 Å². The minimum atomic E-state index is -0.481. The molecular formula is C15H27NO4. The van der Waals surface area contributed by atoms with Crippen LogP contribution < -0.4 is 5.73 Å². The highest BCUT2D eigenvalue weighted by molar-refractivity contribution is 5.68. The quantitative estimate of drug-likeness (QED) is 0.798. The number of esters is 1. The van der Waals surface area contributed by atoms with Crippen LogP contribution in [0.1, 0.15) is 46.0 Å². The smallest absolute Gasteiger partial charge is 0.305 e. The summed E-state index contributed by atoms with van der Waals surface area (Å²) in [5.41, 5.74) is 6.40. The van der Waals surface area contributed by atoms with E-state index in [1.54, 1.807) is 0 Å². The summed E-state index contributed by atoms with van der Waals surface area (Å²) in [4.78, 5) is 11.2. The third-order valence-corrected chi connectivity index (χ3v) is 5.07. The van der Waals surface area contributed by atoms with Crippen molar-refractivity contribution in [3.63, 3.8) is 0 Å². The lowest BCUT2D eigenvalue weighted by atomic mass is 9.62. The highest BCUT2D eigenvalue weighted by Gasteiger charge is 2.51. The summed E-state index contributed by atoms with van der Waals surface area (Å²) >= 11 is 0. The van der Waals surface area contributed by atoms with Crippen LogP contribution >= 0.6 is 0 Å². The third kappa shape index (κ3) is 3.15. The Labute approximate surface area is 121 Å². The van der Waals surface area contributed by atoms with Crippen molar-refractivity contribution in [2.24, 2.45) is 17.1 Å². The number of hydrogen-bond donors (Lipinski definition) is 1. The average molecular weight is 285 g/mol. The zero-order valence-corrected chi connectivity index (χ0v) is 12.8. The first-order valence-electron chi connectivity index (χ1n) is 7.50. The first kappa shape index (κ1) is 15.7. The Morgan fingerprint density at radius 2 is 1.95 bits per heavy atom. The lowest BCUT2D eigenvalue weighted by Gasteiger charge is -2.50. The topological polar surface area (TPSA) is 70.8 Å². The fourth-order valence-corrected chi connectivity index (χ4v) is 3.42. The second-order valence-corrected chi connectivity index (χ2v) is 6.61. The van der Waals surface area contributed by atoms with Gasteiger partial charge >= 0.3 is 5.97 Å². The van der Waals surface area contributed by atoms with Gasteiger partial charge in [0.2, 0.25) is 0 Å². The molecule has 0 aromatic carbocycles. The van der Waals surface area contributed by atoms with Crippen LogP contribution in [0, 0.1) is 11.3 Å². The van der Waals surface area contributed by atoms with Crippen LogP contribution in [0.25, 0.3) is 0 Å². The summed E-state index contributed by atoms with van der Waals surface area (Å²) in [6, 6.07) is 0.0532. The van der Waals surface area contributed by atoms with E-state index >= 15 is 0 Å². The van der Waals surface area contributed by atoms with Crippen LogP contribution in [0.4, 0.5) is 0 Å². The van der Waals surface area contributed by atoms with Gasteiger partial charge in [-0.25, -0.2) is 0 Å². The van der Waals surface area contributed by atoms with E-state index < -0.39 is 5.79 Å². The van der Waals surface area contributed by atoms with E-state index in [0.717, 1.165) is 25.7 Å². The number of hydrogen-bond acceptors (Lipinski definition) is 5. The first-order chi connectivity index (χ1) is 9.39. The first-order valence-corrected chi connectivity index (χ1v) is 7.50. The van der Waals surface area contributed by atoms with Gasteiger partial charge in [0.1, 0.15) is 0 Å². The minimum absolute atomic E-state index is 0.0384. The highest BCUT2D eigenvalue weighted by atomic mass is 16.7. The maximum Gasteiger partial charge on any atom is 0.305 e. The average Bonchev–Trinajstić information content (AvgIpc) is 2.84. The fraction of sp³-hybridized carbons (Fsp3) is 0.933. The molecule has 5 heteroatoms. The summed E-state index contributed by atoms with van der Waals surface area (Å²) in [5, 5.41) is 0. The molecule has 0 amide bonds. The number of nitrogens with two attached hydrogens (primary N) is 1. The van der Waals surface area contributed by atoms with Gasteiger partial charge in [-0.05, 0) is 24.2 Å². The molecule has 1 saturated carbocycles. The highest BCUT2D eigenvalue weighted by Crippen LogP contribution is 2.49. The zero-order chi connectivity index (χ0) is 14.8. The summed E-state index contributed by atoms with van der Waals surface area (Å²) in [7, 11) is 1.43. The number of ether oxygens (including phenoxy) is 3. The second-order valence-electron chi connectivity index (χ2n) is 6.61. The van der Waals surface area contributed by atoms with Gasteiger partial charge in [-0.15, -0.1) is 0 Å². The van der Waals surface area contributed by atoms with Crippen LogP contribution in [0.2, 0.25) is 0 Å². The molecule has 2 rings (SSSR count). The molecule has 2 aliphatic rings. The number of carbonyl (C=O) groups is 1. The Morgan fingerprint density at radius 1 is 1.30 bits per heavy atom. The van der Waals surface area contributed by atoms with E-state index in [4.69, 9.17) is 19.9 Å². The third-order valence-electron chi connectivity index (χ3n) is 5.07. The van der Waals surface area contributed by atoms with Crippen LogP contribution in [0.15, 0.2) is 0 Å². The molecule has 2 fully saturated rings. The van der Waals surface area contributed by atoms with Crippen molar-refractivity contribution in [3.05, 3.63) is 0 Å². The van der Waals surface area contributed by atoms with Crippen LogP contribution in [0.3, 0.4) is 0 Å². The number of carbonyl (C=O) groups excluding carboxylic acids is 1. The molecule has 0 unspecified atom stereocenters. The van der Waals surface area contributed by atoms with Gasteiger partial charge in [0.15, 0.2) is 5.79 Å². The Kier molecular flexibility index (Phi) is 4.72. The lowest BCUT2D eigenvalue weighted by molar-refractivity contribution is -0.210. The molecule has 20 heavy (non-hydrogen) atoms. The second kappa shape index (κ2) is 6.00. The molecule has 1 aliphatic heterocycles. The molecule has 1 saturated heterocycles. The predicted molar refractivity (Wildman–Crippen MR) is 75.0 cm³/mol. The van der Waals surface area contributed by atoms with E-state index in [1.165, 1.54) is 7.11 Å².